The van der Waals surface area contributed by atoms with Crippen molar-refractivity contribution in [3.8, 4) is 28.7 Å². The number of rotatable bonds is 12. The van der Waals surface area contributed by atoms with Gasteiger partial charge >= 0.3 is 5.63 Å². The lowest BCUT2D eigenvalue weighted by Crippen LogP contribution is -2.22. The van der Waals surface area contributed by atoms with Crippen molar-refractivity contribution in [1.29, 1.82) is 0 Å². The Bertz CT molecular complexity index is 1420. The quantitative estimate of drug-likeness (QED) is 0.206. The smallest absolute Gasteiger partial charge is 0.336 e. The van der Waals surface area contributed by atoms with E-state index >= 15 is 0 Å². The Morgan fingerprint density at radius 2 is 1.61 bits per heavy atom. The van der Waals surface area contributed by atoms with Crippen molar-refractivity contribution in [2.24, 2.45) is 0 Å². The van der Waals surface area contributed by atoms with Gasteiger partial charge in [-0.05, 0) is 42.3 Å². The molecule has 2 unspecified atom stereocenters. The third kappa shape index (κ3) is 6.01. The number of aliphatic hydroxyl groups excluding tert-OH is 1. The summed E-state index contributed by atoms with van der Waals surface area (Å²) < 4.78 is 39.3. The van der Waals surface area contributed by atoms with E-state index in [1.54, 1.807) is 37.3 Å². The Labute approximate surface area is 220 Å². The van der Waals surface area contributed by atoms with Crippen LogP contribution in [0.2, 0.25) is 0 Å². The second-order valence-corrected chi connectivity index (χ2v) is 8.41. The predicted octanol–water partition coefficient (Wildman–Crippen LogP) is 4.87. The van der Waals surface area contributed by atoms with Crippen molar-refractivity contribution < 1.29 is 37.9 Å². The van der Waals surface area contributed by atoms with Crippen LogP contribution in [0.5, 0.6) is 28.7 Å². The summed E-state index contributed by atoms with van der Waals surface area (Å²) in [6.07, 6.45) is -1.89. The molecule has 4 aromatic rings. The lowest BCUT2D eigenvalue weighted by atomic mass is 10.0. The summed E-state index contributed by atoms with van der Waals surface area (Å²) in [6.45, 7) is 1.95. The Balaban J connectivity index is 1.61. The summed E-state index contributed by atoms with van der Waals surface area (Å²) in [7, 11) is 4.49. The molecule has 0 radical (unpaired) electrons. The van der Waals surface area contributed by atoms with Crippen LogP contribution >= 0.6 is 0 Å². The number of methoxy groups -OCH3 is 3. The molecule has 1 N–H and O–H groups in total. The maximum atomic E-state index is 12.0. The van der Waals surface area contributed by atoms with Crippen molar-refractivity contribution in [1.82, 2.24) is 0 Å². The number of aliphatic hydroxyl groups is 1. The first-order valence-corrected chi connectivity index (χ1v) is 11.9. The average molecular weight is 523 g/mol. The highest BCUT2D eigenvalue weighted by Gasteiger charge is 2.26. The largest absolute Gasteiger partial charge is 0.493 e. The van der Waals surface area contributed by atoms with Crippen LogP contribution in [0.25, 0.3) is 11.0 Å². The van der Waals surface area contributed by atoms with Gasteiger partial charge in [0.05, 0.1) is 14.2 Å². The number of benzene rings is 3. The number of hydrogen-bond donors (Lipinski definition) is 1. The van der Waals surface area contributed by atoms with Crippen molar-refractivity contribution in [3.05, 3.63) is 88.3 Å². The van der Waals surface area contributed by atoms with E-state index in [0.717, 1.165) is 5.56 Å². The van der Waals surface area contributed by atoms with E-state index in [2.05, 4.69) is 0 Å². The second kappa shape index (κ2) is 12.4. The molecule has 3 aromatic carbocycles. The molecule has 38 heavy (non-hydrogen) atoms. The Morgan fingerprint density at radius 1 is 0.842 bits per heavy atom. The van der Waals surface area contributed by atoms with Gasteiger partial charge in [-0.2, -0.15) is 0 Å². The summed E-state index contributed by atoms with van der Waals surface area (Å²) >= 11 is 0. The molecule has 0 saturated heterocycles. The minimum atomic E-state index is -1.08. The van der Waals surface area contributed by atoms with Crippen LogP contribution in [-0.2, 0) is 11.3 Å². The molecular formula is C29H30O9. The van der Waals surface area contributed by atoms with Crippen LogP contribution in [0.1, 0.15) is 24.2 Å². The molecule has 0 aliphatic rings. The predicted molar refractivity (Wildman–Crippen MR) is 140 cm³/mol. The van der Waals surface area contributed by atoms with E-state index in [1.165, 1.54) is 27.4 Å². The molecule has 0 saturated carbocycles. The molecule has 2 atom stereocenters. The fourth-order valence-electron chi connectivity index (χ4n) is 3.90. The summed E-state index contributed by atoms with van der Waals surface area (Å²) in [6, 6.07) is 19.5. The van der Waals surface area contributed by atoms with E-state index in [-0.39, 0.29) is 23.9 Å². The van der Waals surface area contributed by atoms with E-state index in [9.17, 15) is 9.90 Å². The molecule has 4 rings (SSSR count). The Morgan fingerprint density at radius 3 is 2.32 bits per heavy atom. The van der Waals surface area contributed by atoms with E-state index in [0.29, 0.717) is 34.8 Å². The van der Waals surface area contributed by atoms with E-state index < -0.39 is 17.8 Å². The van der Waals surface area contributed by atoms with Gasteiger partial charge in [-0.3, -0.25) is 0 Å². The highest BCUT2D eigenvalue weighted by Crippen LogP contribution is 2.44. The number of ether oxygens (including phenoxy) is 6. The minimum absolute atomic E-state index is 0.103. The molecule has 0 aliphatic carbocycles. The fraction of sp³-hybridized carbons (Fsp3) is 0.276. The zero-order chi connectivity index (χ0) is 27.1. The third-order valence-electron chi connectivity index (χ3n) is 5.84. The molecule has 1 heterocycles. The van der Waals surface area contributed by atoms with Crippen molar-refractivity contribution in [2.45, 2.75) is 25.7 Å². The Kier molecular flexibility index (Phi) is 8.73. The lowest BCUT2D eigenvalue weighted by Gasteiger charge is -2.24. The normalized spacial score (nSPS) is 12.6. The van der Waals surface area contributed by atoms with Gasteiger partial charge in [0.1, 0.15) is 18.8 Å². The molecule has 0 amide bonds. The van der Waals surface area contributed by atoms with Gasteiger partial charge in [-0.1, -0.05) is 36.4 Å². The highest BCUT2D eigenvalue weighted by molar-refractivity contribution is 5.88. The van der Waals surface area contributed by atoms with Gasteiger partial charge in [-0.15, -0.1) is 0 Å². The second-order valence-electron chi connectivity index (χ2n) is 8.41. The van der Waals surface area contributed by atoms with Crippen LogP contribution in [-0.4, -0.2) is 39.3 Å². The SMILES string of the molecule is COCOc1c(OC)cc2ccc(=O)oc2c1OC(C)C(O)c1ccc(OCc2ccccc2)c(OC)c1. The molecule has 1 aromatic heterocycles. The maximum absolute atomic E-state index is 12.0. The zero-order valence-electron chi connectivity index (χ0n) is 21.6. The topological polar surface area (TPSA) is 106 Å². The van der Waals surface area contributed by atoms with Gasteiger partial charge in [0.15, 0.2) is 29.6 Å². The third-order valence-corrected chi connectivity index (χ3v) is 5.84. The number of hydrogen-bond acceptors (Lipinski definition) is 9. The standard InChI is InChI=1S/C29H30O9/c1-18(26(31)20-10-12-22(23(14-20)33-3)35-16-19-8-6-5-7-9-19)37-29-27-21(11-13-25(30)38-27)15-24(34-4)28(29)36-17-32-2/h5-15,18,26,31H,16-17H2,1-4H3. The molecule has 0 fully saturated rings. The van der Waals surface area contributed by atoms with Crippen LogP contribution in [0, 0.1) is 0 Å². The molecule has 0 bridgehead atoms. The van der Waals surface area contributed by atoms with Crippen molar-refractivity contribution >= 4 is 11.0 Å². The van der Waals surface area contributed by atoms with Gasteiger partial charge in [0, 0.05) is 18.6 Å². The van der Waals surface area contributed by atoms with Gasteiger partial charge in [-0.25, -0.2) is 4.79 Å². The van der Waals surface area contributed by atoms with Crippen LogP contribution in [0.3, 0.4) is 0 Å². The first-order valence-electron chi connectivity index (χ1n) is 11.9. The van der Waals surface area contributed by atoms with Gasteiger partial charge in [0.25, 0.3) is 0 Å². The minimum Gasteiger partial charge on any atom is -0.493 e. The monoisotopic (exact) mass is 522 g/mol. The molecule has 0 spiro atoms. The van der Waals surface area contributed by atoms with Crippen LogP contribution in [0.4, 0.5) is 0 Å². The van der Waals surface area contributed by atoms with Gasteiger partial charge in [0.2, 0.25) is 11.5 Å². The van der Waals surface area contributed by atoms with Crippen molar-refractivity contribution in [2.75, 3.05) is 28.1 Å². The zero-order valence-corrected chi connectivity index (χ0v) is 21.6. The molecule has 9 heteroatoms. The first-order chi connectivity index (χ1) is 18.4. The maximum Gasteiger partial charge on any atom is 0.336 e. The van der Waals surface area contributed by atoms with Crippen molar-refractivity contribution in [3.63, 3.8) is 0 Å². The first kappa shape index (κ1) is 26.8. The molecule has 9 nitrogen and oxygen atoms in total. The number of fused-ring (bicyclic) bond motifs is 1. The van der Waals surface area contributed by atoms with Crippen LogP contribution in [0.15, 0.2) is 75.9 Å². The Hall–Kier alpha value is -4.21. The fourth-order valence-corrected chi connectivity index (χ4v) is 3.90. The molecule has 200 valence electrons. The highest BCUT2D eigenvalue weighted by atomic mass is 16.7. The summed E-state index contributed by atoms with van der Waals surface area (Å²) in [4.78, 5) is 12.0. The lowest BCUT2D eigenvalue weighted by molar-refractivity contribution is 0.0303. The van der Waals surface area contributed by atoms with E-state index in [1.807, 2.05) is 30.3 Å². The molecule has 0 aliphatic heterocycles. The van der Waals surface area contributed by atoms with Gasteiger partial charge < -0.3 is 37.9 Å². The van der Waals surface area contributed by atoms with Crippen LogP contribution < -0.4 is 29.3 Å². The van der Waals surface area contributed by atoms with E-state index in [4.69, 9.17) is 32.8 Å². The molecular weight excluding hydrogens is 492 g/mol. The summed E-state index contributed by atoms with van der Waals surface area (Å²) in [5.74, 6) is 1.64. The summed E-state index contributed by atoms with van der Waals surface area (Å²) in [5.41, 5.74) is 1.15. The summed E-state index contributed by atoms with van der Waals surface area (Å²) in [5, 5.41) is 11.7. The average Bonchev–Trinajstić information content (AvgIpc) is 2.95.